The Morgan fingerprint density at radius 1 is 1.30 bits per heavy atom. The van der Waals surface area contributed by atoms with Crippen molar-refractivity contribution in [1.29, 1.82) is 0 Å². The predicted octanol–water partition coefficient (Wildman–Crippen LogP) is 3.62. The van der Waals surface area contributed by atoms with Gasteiger partial charge in [0.15, 0.2) is 0 Å². The van der Waals surface area contributed by atoms with Crippen LogP contribution in [0.3, 0.4) is 0 Å². The maximum Gasteiger partial charge on any atom is 0.0796 e. The molecule has 1 saturated heterocycles. The fraction of sp³-hybridized carbons (Fsp3) is 0.471. The standard InChI is InChI=1S/C17H21NO2/c19-17(10-1-5-13-6-4-12-20-13)15-7-2-9-16-14(15)8-3-11-18-16/h2-3,7-9,11,13,17,19H,1,4-6,10,12H2. The maximum atomic E-state index is 10.4. The van der Waals surface area contributed by atoms with Crippen LogP contribution in [0.25, 0.3) is 10.9 Å². The molecule has 0 spiro atoms. The Morgan fingerprint density at radius 3 is 3.10 bits per heavy atom. The third-order valence-corrected chi connectivity index (χ3v) is 4.07. The van der Waals surface area contributed by atoms with Crippen molar-refractivity contribution < 1.29 is 9.84 Å². The van der Waals surface area contributed by atoms with E-state index in [1.807, 2.05) is 30.3 Å². The zero-order chi connectivity index (χ0) is 13.8. The fourth-order valence-electron chi connectivity index (χ4n) is 2.98. The summed E-state index contributed by atoms with van der Waals surface area (Å²) in [4.78, 5) is 4.34. The van der Waals surface area contributed by atoms with Gasteiger partial charge in [-0.1, -0.05) is 18.2 Å². The van der Waals surface area contributed by atoms with Crippen LogP contribution in [0.15, 0.2) is 36.5 Å². The van der Waals surface area contributed by atoms with Crippen molar-refractivity contribution in [2.75, 3.05) is 6.61 Å². The third-order valence-electron chi connectivity index (χ3n) is 4.07. The van der Waals surface area contributed by atoms with E-state index in [-0.39, 0.29) is 0 Å². The van der Waals surface area contributed by atoms with Gasteiger partial charge in [0.25, 0.3) is 0 Å². The molecule has 1 aliphatic heterocycles. The molecular formula is C17H21NO2. The highest BCUT2D eigenvalue weighted by atomic mass is 16.5. The van der Waals surface area contributed by atoms with E-state index in [2.05, 4.69) is 4.98 Å². The van der Waals surface area contributed by atoms with E-state index < -0.39 is 6.10 Å². The van der Waals surface area contributed by atoms with Crippen LogP contribution in [-0.4, -0.2) is 22.8 Å². The Kier molecular flexibility index (Phi) is 4.28. The van der Waals surface area contributed by atoms with Crippen LogP contribution in [0, 0.1) is 0 Å². The first-order chi connectivity index (χ1) is 9.84. The Labute approximate surface area is 119 Å². The van der Waals surface area contributed by atoms with Gasteiger partial charge in [0.2, 0.25) is 0 Å². The van der Waals surface area contributed by atoms with Crippen molar-refractivity contribution in [3.05, 3.63) is 42.1 Å². The molecule has 2 atom stereocenters. The average molecular weight is 271 g/mol. The van der Waals surface area contributed by atoms with Crippen molar-refractivity contribution in [2.45, 2.75) is 44.3 Å². The van der Waals surface area contributed by atoms with Crippen molar-refractivity contribution in [3.63, 3.8) is 0 Å². The topological polar surface area (TPSA) is 42.4 Å². The van der Waals surface area contributed by atoms with E-state index in [1.54, 1.807) is 6.20 Å². The summed E-state index contributed by atoms with van der Waals surface area (Å²) in [5, 5.41) is 11.5. The molecule has 2 unspecified atom stereocenters. The average Bonchev–Trinajstić information content (AvgIpc) is 3.00. The van der Waals surface area contributed by atoms with E-state index in [0.29, 0.717) is 6.10 Å². The number of aliphatic hydroxyl groups is 1. The third kappa shape index (κ3) is 3.00. The lowest BCUT2D eigenvalue weighted by atomic mass is 9.98. The highest BCUT2D eigenvalue weighted by molar-refractivity contribution is 5.82. The summed E-state index contributed by atoms with van der Waals surface area (Å²) >= 11 is 0. The number of aromatic nitrogens is 1. The van der Waals surface area contributed by atoms with Gasteiger partial charge in [0.1, 0.15) is 0 Å². The van der Waals surface area contributed by atoms with Crippen LogP contribution in [0.5, 0.6) is 0 Å². The first kappa shape index (κ1) is 13.5. The second-order valence-corrected chi connectivity index (χ2v) is 5.50. The minimum Gasteiger partial charge on any atom is -0.388 e. The lowest BCUT2D eigenvalue weighted by Crippen LogP contribution is -2.06. The number of pyridine rings is 1. The van der Waals surface area contributed by atoms with Gasteiger partial charge < -0.3 is 9.84 Å². The van der Waals surface area contributed by atoms with E-state index in [1.165, 1.54) is 12.8 Å². The van der Waals surface area contributed by atoms with E-state index >= 15 is 0 Å². The molecular weight excluding hydrogens is 250 g/mol. The Balaban J connectivity index is 1.64. The van der Waals surface area contributed by atoms with Crippen molar-refractivity contribution >= 4 is 10.9 Å². The molecule has 1 aromatic heterocycles. The van der Waals surface area contributed by atoms with Crippen LogP contribution in [0.1, 0.15) is 43.8 Å². The van der Waals surface area contributed by atoms with Gasteiger partial charge in [-0.05, 0) is 49.8 Å². The molecule has 0 aliphatic carbocycles. The number of aliphatic hydroxyl groups excluding tert-OH is 1. The highest BCUT2D eigenvalue weighted by Crippen LogP contribution is 2.27. The van der Waals surface area contributed by atoms with Gasteiger partial charge in [-0.25, -0.2) is 0 Å². The number of nitrogens with zero attached hydrogens (tertiary/aromatic N) is 1. The zero-order valence-electron chi connectivity index (χ0n) is 11.7. The Bertz CT molecular complexity index is 558. The highest BCUT2D eigenvalue weighted by Gasteiger charge is 2.16. The number of benzene rings is 1. The molecule has 106 valence electrons. The molecule has 3 rings (SSSR count). The smallest absolute Gasteiger partial charge is 0.0796 e. The van der Waals surface area contributed by atoms with Gasteiger partial charge in [0, 0.05) is 18.2 Å². The van der Waals surface area contributed by atoms with Gasteiger partial charge in [0.05, 0.1) is 17.7 Å². The van der Waals surface area contributed by atoms with Crippen LogP contribution in [-0.2, 0) is 4.74 Å². The molecule has 1 aliphatic rings. The fourth-order valence-corrected chi connectivity index (χ4v) is 2.98. The number of fused-ring (bicyclic) bond motifs is 1. The molecule has 20 heavy (non-hydrogen) atoms. The van der Waals surface area contributed by atoms with Gasteiger partial charge in [-0.15, -0.1) is 0 Å². The first-order valence-corrected chi connectivity index (χ1v) is 7.48. The van der Waals surface area contributed by atoms with Crippen LogP contribution in [0.4, 0.5) is 0 Å². The summed E-state index contributed by atoms with van der Waals surface area (Å²) in [7, 11) is 0. The molecule has 2 aromatic rings. The van der Waals surface area contributed by atoms with Crippen LogP contribution >= 0.6 is 0 Å². The SMILES string of the molecule is OC(CCCC1CCCO1)c1cccc2ncccc12. The monoisotopic (exact) mass is 271 g/mol. The van der Waals surface area contributed by atoms with Crippen LogP contribution in [0.2, 0.25) is 0 Å². The quantitative estimate of drug-likeness (QED) is 0.903. The summed E-state index contributed by atoms with van der Waals surface area (Å²) in [5.41, 5.74) is 1.94. The largest absolute Gasteiger partial charge is 0.388 e. The molecule has 3 nitrogen and oxygen atoms in total. The summed E-state index contributed by atoms with van der Waals surface area (Å²) in [6.07, 6.45) is 6.99. The second-order valence-electron chi connectivity index (χ2n) is 5.50. The lowest BCUT2D eigenvalue weighted by Gasteiger charge is -2.15. The summed E-state index contributed by atoms with van der Waals surface area (Å²) in [5.74, 6) is 0. The number of ether oxygens (including phenoxy) is 1. The van der Waals surface area contributed by atoms with Gasteiger partial charge in [-0.2, -0.15) is 0 Å². The molecule has 0 radical (unpaired) electrons. The first-order valence-electron chi connectivity index (χ1n) is 7.48. The molecule has 1 fully saturated rings. The normalized spacial score (nSPS) is 20.4. The van der Waals surface area contributed by atoms with E-state index in [0.717, 1.165) is 42.3 Å². The Hall–Kier alpha value is -1.45. The number of rotatable bonds is 5. The van der Waals surface area contributed by atoms with Gasteiger partial charge in [-0.3, -0.25) is 4.98 Å². The predicted molar refractivity (Wildman–Crippen MR) is 79.5 cm³/mol. The zero-order valence-corrected chi connectivity index (χ0v) is 11.7. The van der Waals surface area contributed by atoms with E-state index in [4.69, 9.17) is 4.74 Å². The Morgan fingerprint density at radius 2 is 2.25 bits per heavy atom. The number of hydrogen-bond donors (Lipinski definition) is 1. The van der Waals surface area contributed by atoms with Gasteiger partial charge >= 0.3 is 0 Å². The minimum absolute atomic E-state index is 0.413. The van der Waals surface area contributed by atoms with E-state index in [9.17, 15) is 5.11 Å². The summed E-state index contributed by atoms with van der Waals surface area (Å²) < 4.78 is 5.62. The molecule has 2 heterocycles. The summed E-state index contributed by atoms with van der Waals surface area (Å²) in [6.45, 7) is 0.905. The molecule has 3 heteroatoms. The van der Waals surface area contributed by atoms with Crippen molar-refractivity contribution in [1.82, 2.24) is 4.98 Å². The lowest BCUT2D eigenvalue weighted by molar-refractivity contribution is 0.0946. The molecule has 0 amide bonds. The minimum atomic E-state index is -0.413. The maximum absolute atomic E-state index is 10.4. The molecule has 0 saturated carbocycles. The summed E-state index contributed by atoms with van der Waals surface area (Å²) in [6, 6.07) is 9.90. The molecule has 1 aromatic carbocycles. The molecule has 0 bridgehead atoms. The van der Waals surface area contributed by atoms with Crippen molar-refractivity contribution in [3.8, 4) is 0 Å². The number of hydrogen-bond acceptors (Lipinski definition) is 3. The second kappa shape index (κ2) is 6.33. The van der Waals surface area contributed by atoms with Crippen LogP contribution < -0.4 is 0 Å². The molecule has 1 N–H and O–H groups in total. The van der Waals surface area contributed by atoms with Crippen molar-refractivity contribution in [2.24, 2.45) is 0 Å².